The van der Waals surface area contributed by atoms with E-state index in [0.717, 1.165) is 0 Å². The smallest absolute Gasteiger partial charge is 0.311 e. The Morgan fingerprint density at radius 2 is 2.32 bits per heavy atom. The number of hydrogen-bond acceptors (Lipinski definition) is 5. The van der Waals surface area contributed by atoms with Crippen molar-refractivity contribution in [3.63, 3.8) is 0 Å². The molecule has 1 aromatic carbocycles. The highest BCUT2D eigenvalue weighted by Crippen LogP contribution is 2.27. The predicted octanol–water partition coefficient (Wildman–Crippen LogP) is 1.62. The van der Waals surface area contributed by atoms with Gasteiger partial charge in [0.1, 0.15) is 0 Å². The SMILES string of the molecule is COc1ccc(C(=O)N[C@@H](C)Cn2cccn2)cc1[N+](=O)[O-]. The van der Waals surface area contributed by atoms with Crippen LogP contribution in [0.15, 0.2) is 36.7 Å². The molecular weight excluding hydrogens is 288 g/mol. The molecule has 1 amide bonds. The minimum absolute atomic E-state index is 0.117. The zero-order valence-corrected chi connectivity index (χ0v) is 12.2. The summed E-state index contributed by atoms with van der Waals surface area (Å²) in [7, 11) is 1.34. The number of amides is 1. The Bertz CT molecular complexity index is 669. The van der Waals surface area contributed by atoms with Gasteiger partial charge in [-0.05, 0) is 25.1 Å². The van der Waals surface area contributed by atoms with E-state index in [-0.39, 0.29) is 28.9 Å². The molecule has 8 heteroatoms. The molecule has 1 N–H and O–H groups in total. The molecule has 1 heterocycles. The number of benzene rings is 1. The minimum Gasteiger partial charge on any atom is -0.490 e. The van der Waals surface area contributed by atoms with E-state index < -0.39 is 4.92 Å². The molecule has 0 spiro atoms. The molecular formula is C14H16N4O4. The summed E-state index contributed by atoms with van der Waals surface area (Å²) in [6, 6.07) is 5.72. The standard InChI is InChI=1S/C14H16N4O4/c1-10(9-17-7-3-6-15-17)16-14(19)11-4-5-13(22-2)12(8-11)18(20)21/h3-8,10H,9H2,1-2H3,(H,16,19)/t10-/m0/s1. The molecule has 1 aromatic heterocycles. The Morgan fingerprint density at radius 3 is 2.91 bits per heavy atom. The number of methoxy groups -OCH3 is 1. The summed E-state index contributed by atoms with van der Waals surface area (Å²) in [6.45, 7) is 2.34. The van der Waals surface area contributed by atoms with E-state index in [9.17, 15) is 14.9 Å². The number of nitrogens with one attached hydrogen (secondary N) is 1. The van der Waals surface area contributed by atoms with Gasteiger partial charge < -0.3 is 10.1 Å². The fourth-order valence-electron chi connectivity index (χ4n) is 2.02. The van der Waals surface area contributed by atoms with Crippen LogP contribution in [0.1, 0.15) is 17.3 Å². The van der Waals surface area contributed by atoms with Crippen molar-refractivity contribution in [3.8, 4) is 5.75 Å². The van der Waals surface area contributed by atoms with Gasteiger partial charge in [0.2, 0.25) is 0 Å². The third-order valence-electron chi connectivity index (χ3n) is 3.04. The number of ether oxygens (including phenoxy) is 1. The van der Waals surface area contributed by atoms with Crippen molar-refractivity contribution in [3.05, 3.63) is 52.3 Å². The first-order chi connectivity index (χ1) is 10.5. The average Bonchev–Trinajstić information content (AvgIpc) is 2.99. The molecule has 0 bridgehead atoms. The van der Waals surface area contributed by atoms with Crippen molar-refractivity contribution < 1.29 is 14.5 Å². The number of carbonyl (C=O) groups is 1. The Hall–Kier alpha value is -2.90. The molecule has 22 heavy (non-hydrogen) atoms. The monoisotopic (exact) mass is 304 g/mol. The topological polar surface area (TPSA) is 99.3 Å². The third kappa shape index (κ3) is 3.60. The van der Waals surface area contributed by atoms with Crippen LogP contribution >= 0.6 is 0 Å². The molecule has 0 unspecified atom stereocenters. The molecule has 0 fully saturated rings. The van der Waals surface area contributed by atoms with Gasteiger partial charge in [-0.25, -0.2) is 0 Å². The van der Waals surface area contributed by atoms with Crippen LogP contribution in [0.5, 0.6) is 5.75 Å². The van der Waals surface area contributed by atoms with Gasteiger partial charge in [0.25, 0.3) is 5.91 Å². The summed E-state index contributed by atoms with van der Waals surface area (Å²) in [4.78, 5) is 22.5. The van der Waals surface area contributed by atoms with Crippen LogP contribution in [0, 0.1) is 10.1 Å². The van der Waals surface area contributed by atoms with Crippen molar-refractivity contribution in [1.29, 1.82) is 0 Å². The Kier molecular flexibility index (Phi) is 4.72. The zero-order valence-electron chi connectivity index (χ0n) is 12.2. The quantitative estimate of drug-likeness (QED) is 0.645. The highest BCUT2D eigenvalue weighted by molar-refractivity contribution is 5.95. The predicted molar refractivity (Wildman–Crippen MR) is 78.8 cm³/mol. The Labute approximate surface area is 126 Å². The molecule has 116 valence electrons. The highest BCUT2D eigenvalue weighted by atomic mass is 16.6. The van der Waals surface area contributed by atoms with E-state index in [2.05, 4.69) is 10.4 Å². The van der Waals surface area contributed by atoms with Crippen LogP contribution in [0.3, 0.4) is 0 Å². The lowest BCUT2D eigenvalue weighted by Crippen LogP contribution is -2.35. The lowest BCUT2D eigenvalue weighted by atomic mass is 10.1. The van der Waals surface area contributed by atoms with Crippen LogP contribution in [0.25, 0.3) is 0 Å². The molecule has 2 aromatic rings. The number of hydrogen-bond donors (Lipinski definition) is 1. The second kappa shape index (κ2) is 6.70. The van der Waals surface area contributed by atoms with Gasteiger partial charge in [0, 0.05) is 30.1 Å². The van der Waals surface area contributed by atoms with E-state index in [0.29, 0.717) is 6.54 Å². The van der Waals surface area contributed by atoms with Gasteiger partial charge in [-0.1, -0.05) is 0 Å². The van der Waals surface area contributed by atoms with Crippen LogP contribution in [0.4, 0.5) is 5.69 Å². The molecule has 0 aliphatic carbocycles. The maximum atomic E-state index is 12.2. The molecule has 0 aliphatic heterocycles. The van der Waals surface area contributed by atoms with E-state index in [1.54, 1.807) is 23.1 Å². The van der Waals surface area contributed by atoms with Crippen LogP contribution in [-0.2, 0) is 6.54 Å². The van der Waals surface area contributed by atoms with Crippen LogP contribution < -0.4 is 10.1 Å². The summed E-state index contributed by atoms with van der Waals surface area (Å²) in [5.74, 6) is -0.267. The highest BCUT2D eigenvalue weighted by Gasteiger charge is 2.19. The minimum atomic E-state index is -0.581. The van der Waals surface area contributed by atoms with Gasteiger partial charge in [0.15, 0.2) is 5.75 Å². The lowest BCUT2D eigenvalue weighted by Gasteiger charge is -2.14. The van der Waals surface area contributed by atoms with Crippen molar-refractivity contribution in [2.75, 3.05) is 7.11 Å². The largest absolute Gasteiger partial charge is 0.490 e. The van der Waals surface area contributed by atoms with E-state index in [1.807, 2.05) is 6.92 Å². The number of aromatic nitrogens is 2. The van der Waals surface area contributed by atoms with E-state index in [4.69, 9.17) is 4.74 Å². The van der Waals surface area contributed by atoms with Gasteiger partial charge in [-0.3, -0.25) is 19.6 Å². The summed E-state index contributed by atoms with van der Waals surface area (Å²) in [5.41, 5.74) is -0.0327. The summed E-state index contributed by atoms with van der Waals surface area (Å²) in [6.07, 6.45) is 3.45. The fraction of sp³-hybridized carbons (Fsp3) is 0.286. The maximum Gasteiger partial charge on any atom is 0.311 e. The van der Waals surface area contributed by atoms with Crippen LogP contribution in [-0.4, -0.2) is 33.8 Å². The summed E-state index contributed by atoms with van der Waals surface area (Å²) >= 11 is 0. The van der Waals surface area contributed by atoms with Gasteiger partial charge in [-0.2, -0.15) is 5.10 Å². The number of nitro groups is 1. The maximum absolute atomic E-state index is 12.2. The molecule has 2 rings (SSSR count). The number of nitro benzene ring substituents is 1. The zero-order chi connectivity index (χ0) is 16.1. The molecule has 0 saturated carbocycles. The first-order valence-corrected chi connectivity index (χ1v) is 6.62. The first-order valence-electron chi connectivity index (χ1n) is 6.62. The van der Waals surface area contributed by atoms with Crippen molar-refractivity contribution in [1.82, 2.24) is 15.1 Å². The van der Waals surface area contributed by atoms with Gasteiger partial charge in [-0.15, -0.1) is 0 Å². The first kappa shape index (κ1) is 15.5. The summed E-state index contributed by atoms with van der Waals surface area (Å²) < 4.78 is 6.60. The molecule has 0 saturated heterocycles. The second-order valence-corrected chi connectivity index (χ2v) is 4.75. The number of rotatable bonds is 6. The van der Waals surface area contributed by atoms with Gasteiger partial charge in [0.05, 0.1) is 18.6 Å². The number of carbonyl (C=O) groups excluding carboxylic acids is 1. The second-order valence-electron chi connectivity index (χ2n) is 4.75. The molecule has 8 nitrogen and oxygen atoms in total. The Balaban J connectivity index is 2.09. The fourth-order valence-corrected chi connectivity index (χ4v) is 2.02. The van der Waals surface area contributed by atoms with Crippen molar-refractivity contribution in [2.45, 2.75) is 19.5 Å². The average molecular weight is 304 g/mol. The molecule has 1 atom stereocenters. The lowest BCUT2D eigenvalue weighted by molar-refractivity contribution is -0.385. The Morgan fingerprint density at radius 1 is 1.55 bits per heavy atom. The van der Waals surface area contributed by atoms with Crippen molar-refractivity contribution >= 4 is 11.6 Å². The van der Waals surface area contributed by atoms with Crippen LogP contribution in [0.2, 0.25) is 0 Å². The molecule has 0 radical (unpaired) electrons. The normalized spacial score (nSPS) is 11.7. The number of nitrogens with zero attached hydrogens (tertiary/aromatic N) is 3. The third-order valence-corrected chi connectivity index (χ3v) is 3.04. The van der Waals surface area contributed by atoms with E-state index in [1.165, 1.54) is 25.3 Å². The summed E-state index contributed by atoms with van der Waals surface area (Å²) in [5, 5.41) is 17.8. The van der Waals surface area contributed by atoms with E-state index >= 15 is 0 Å². The molecule has 0 aliphatic rings. The van der Waals surface area contributed by atoms with Crippen molar-refractivity contribution in [2.24, 2.45) is 0 Å². The van der Waals surface area contributed by atoms with Gasteiger partial charge >= 0.3 is 5.69 Å².